The second-order valence-corrected chi connectivity index (χ2v) is 8.10. The van der Waals surface area contributed by atoms with E-state index in [0.717, 1.165) is 61.3 Å². The lowest BCUT2D eigenvalue weighted by Crippen LogP contribution is -2.36. The third kappa shape index (κ3) is 2.63. The molecule has 0 saturated carbocycles. The van der Waals surface area contributed by atoms with Crippen LogP contribution >= 0.6 is 15.9 Å². The van der Waals surface area contributed by atoms with Gasteiger partial charge in [0, 0.05) is 41.3 Å². The topological polar surface area (TPSA) is 29.5 Å². The number of halogens is 1. The van der Waals surface area contributed by atoms with E-state index in [4.69, 9.17) is 4.74 Å². The second-order valence-electron chi connectivity index (χ2n) is 7.18. The summed E-state index contributed by atoms with van der Waals surface area (Å²) in [7, 11) is 0. The van der Waals surface area contributed by atoms with Gasteiger partial charge in [0.1, 0.15) is 0 Å². The van der Waals surface area contributed by atoms with Crippen LogP contribution in [0.3, 0.4) is 0 Å². The zero-order chi connectivity index (χ0) is 17.7. The summed E-state index contributed by atoms with van der Waals surface area (Å²) in [5.74, 6) is 0.184. The molecule has 1 aliphatic heterocycles. The zero-order valence-corrected chi connectivity index (χ0v) is 16.1. The molecule has 0 spiro atoms. The van der Waals surface area contributed by atoms with Crippen LogP contribution in [0.25, 0.3) is 11.6 Å². The molecule has 1 aromatic rings. The minimum absolute atomic E-state index is 0.184. The van der Waals surface area contributed by atoms with Gasteiger partial charge in [-0.3, -0.25) is 4.79 Å². The maximum Gasteiger partial charge on any atom is 0.184 e. The highest BCUT2D eigenvalue weighted by atomic mass is 79.9. The number of benzene rings is 1. The number of nitrogens with zero attached hydrogens (tertiary/aromatic N) is 1. The fourth-order valence-corrected chi connectivity index (χ4v) is 4.92. The quantitative estimate of drug-likeness (QED) is 0.729. The Balaban J connectivity index is 1.51. The molecule has 3 aliphatic carbocycles. The van der Waals surface area contributed by atoms with Crippen molar-refractivity contribution in [3.8, 4) is 0 Å². The van der Waals surface area contributed by atoms with Gasteiger partial charge >= 0.3 is 0 Å². The van der Waals surface area contributed by atoms with Gasteiger partial charge in [-0.2, -0.15) is 0 Å². The second kappa shape index (κ2) is 6.36. The van der Waals surface area contributed by atoms with Gasteiger partial charge in [0.25, 0.3) is 0 Å². The molecule has 0 unspecified atom stereocenters. The molecule has 0 radical (unpaired) electrons. The minimum atomic E-state index is 0.184. The predicted octanol–water partition coefficient (Wildman–Crippen LogP) is 4.29. The SMILES string of the molecule is O=C1C=C(N2CCOCC2)CC2=C1CC=C2c1cc(Br)cc2c1CC=C2. The normalized spacial score (nSPS) is 21.7. The highest BCUT2D eigenvalue weighted by molar-refractivity contribution is 9.10. The molecule has 0 amide bonds. The summed E-state index contributed by atoms with van der Waals surface area (Å²) in [5.41, 5.74) is 8.56. The van der Waals surface area contributed by atoms with E-state index in [1.54, 1.807) is 0 Å². The Bertz CT molecular complexity index is 930. The summed E-state index contributed by atoms with van der Waals surface area (Å²) in [6.45, 7) is 3.23. The van der Waals surface area contributed by atoms with E-state index < -0.39 is 0 Å². The molecule has 0 N–H and O–H groups in total. The van der Waals surface area contributed by atoms with Crippen LogP contribution in [0.4, 0.5) is 0 Å². The van der Waals surface area contributed by atoms with Crippen molar-refractivity contribution in [1.29, 1.82) is 0 Å². The van der Waals surface area contributed by atoms with Crippen molar-refractivity contribution in [2.75, 3.05) is 26.3 Å². The summed E-state index contributed by atoms with van der Waals surface area (Å²) in [5, 5.41) is 0. The Morgan fingerprint density at radius 1 is 1.08 bits per heavy atom. The molecule has 0 atom stereocenters. The van der Waals surface area contributed by atoms with Crippen molar-refractivity contribution in [2.24, 2.45) is 0 Å². The van der Waals surface area contributed by atoms with E-state index >= 15 is 0 Å². The van der Waals surface area contributed by atoms with Gasteiger partial charge in [-0.15, -0.1) is 0 Å². The molecule has 132 valence electrons. The first-order valence-electron chi connectivity index (χ1n) is 9.20. The van der Waals surface area contributed by atoms with Gasteiger partial charge in [0.2, 0.25) is 0 Å². The van der Waals surface area contributed by atoms with E-state index in [1.807, 2.05) is 6.08 Å². The number of hydrogen-bond acceptors (Lipinski definition) is 3. The fraction of sp³-hybridized carbons (Fsp3) is 0.318. The highest BCUT2D eigenvalue weighted by Crippen LogP contribution is 2.44. The Kier molecular flexibility index (Phi) is 3.98. The van der Waals surface area contributed by atoms with E-state index in [2.05, 4.69) is 51.2 Å². The Morgan fingerprint density at radius 3 is 2.77 bits per heavy atom. The van der Waals surface area contributed by atoms with Gasteiger partial charge in [-0.25, -0.2) is 0 Å². The van der Waals surface area contributed by atoms with Gasteiger partial charge in [-0.1, -0.05) is 34.2 Å². The van der Waals surface area contributed by atoms with Gasteiger partial charge in [0.05, 0.1) is 13.2 Å². The van der Waals surface area contributed by atoms with Crippen molar-refractivity contribution in [1.82, 2.24) is 4.90 Å². The summed E-state index contributed by atoms with van der Waals surface area (Å²) in [6, 6.07) is 4.39. The van der Waals surface area contributed by atoms with E-state index in [1.165, 1.54) is 27.8 Å². The van der Waals surface area contributed by atoms with Gasteiger partial charge < -0.3 is 9.64 Å². The van der Waals surface area contributed by atoms with Crippen LogP contribution in [0, 0.1) is 0 Å². The molecule has 4 heteroatoms. The molecule has 26 heavy (non-hydrogen) atoms. The number of allylic oxidation sites excluding steroid dienone is 6. The number of fused-ring (bicyclic) bond motifs is 1. The summed E-state index contributed by atoms with van der Waals surface area (Å²) in [6.07, 6.45) is 11.1. The molecule has 1 saturated heterocycles. The monoisotopic (exact) mass is 409 g/mol. The Morgan fingerprint density at radius 2 is 1.92 bits per heavy atom. The van der Waals surface area contributed by atoms with Crippen molar-refractivity contribution in [3.05, 3.63) is 68.4 Å². The van der Waals surface area contributed by atoms with Crippen molar-refractivity contribution >= 4 is 33.4 Å². The Labute approximate surface area is 161 Å². The number of morpholine rings is 1. The van der Waals surface area contributed by atoms with E-state index in [9.17, 15) is 4.79 Å². The largest absolute Gasteiger partial charge is 0.378 e. The standard InChI is InChI=1S/C22H20BrNO2/c23-15-10-14-2-1-3-17(14)20(11-15)18-4-5-19-21(18)12-16(13-22(19)25)24-6-8-26-9-7-24/h1-2,4,10-11,13H,3,5-9,12H2. The number of hydrogen-bond donors (Lipinski definition) is 0. The first-order chi connectivity index (χ1) is 12.7. The van der Waals surface area contributed by atoms with Gasteiger partial charge in [-0.05, 0) is 52.8 Å². The zero-order valence-electron chi connectivity index (χ0n) is 14.6. The molecular formula is C22H20BrNO2. The molecule has 1 fully saturated rings. The van der Waals surface area contributed by atoms with E-state index in [-0.39, 0.29) is 5.78 Å². The lowest BCUT2D eigenvalue weighted by molar-refractivity contribution is -0.111. The van der Waals surface area contributed by atoms with Crippen molar-refractivity contribution in [2.45, 2.75) is 19.3 Å². The third-order valence-corrected chi connectivity index (χ3v) is 6.19. The smallest absolute Gasteiger partial charge is 0.184 e. The summed E-state index contributed by atoms with van der Waals surface area (Å²) in [4.78, 5) is 15.1. The molecule has 4 aliphatic rings. The average molecular weight is 410 g/mol. The molecule has 0 aromatic heterocycles. The first kappa shape index (κ1) is 16.3. The molecular weight excluding hydrogens is 390 g/mol. The van der Waals surface area contributed by atoms with Crippen molar-refractivity contribution < 1.29 is 9.53 Å². The number of ether oxygens (including phenoxy) is 1. The van der Waals surface area contributed by atoms with Crippen LogP contribution in [0.5, 0.6) is 0 Å². The van der Waals surface area contributed by atoms with Crippen LogP contribution < -0.4 is 0 Å². The maximum absolute atomic E-state index is 12.8. The van der Waals surface area contributed by atoms with Crippen LogP contribution in [0.1, 0.15) is 29.5 Å². The average Bonchev–Trinajstić information content (AvgIpc) is 3.28. The molecule has 5 rings (SSSR count). The number of ketones is 1. The lowest BCUT2D eigenvalue weighted by Gasteiger charge is -2.33. The molecule has 1 aromatic carbocycles. The number of carbonyl (C=O) groups is 1. The predicted molar refractivity (Wildman–Crippen MR) is 107 cm³/mol. The lowest BCUT2D eigenvalue weighted by atomic mass is 9.87. The first-order valence-corrected chi connectivity index (χ1v) is 9.99. The molecule has 1 heterocycles. The van der Waals surface area contributed by atoms with Crippen LogP contribution in [0.2, 0.25) is 0 Å². The van der Waals surface area contributed by atoms with Crippen LogP contribution in [-0.2, 0) is 16.0 Å². The molecule has 0 bridgehead atoms. The van der Waals surface area contributed by atoms with E-state index in [0.29, 0.717) is 0 Å². The van der Waals surface area contributed by atoms with Gasteiger partial charge in [0.15, 0.2) is 5.78 Å². The number of rotatable bonds is 2. The maximum atomic E-state index is 12.8. The van der Waals surface area contributed by atoms with Crippen LogP contribution in [0.15, 0.2) is 51.7 Å². The van der Waals surface area contributed by atoms with Crippen molar-refractivity contribution in [3.63, 3.8) is 0 Å². The Hall–Kier alpha value is -1.91. The number of carbonyl (C=O) groups excluding carboxylic acids is 1. The fourth-order valence-electron chi connectivity index (χ4n) is 4.44. The summed E-state index contributed by atoms with van der Waals surface area (Å²) >= 11 is 3.66. The highest BCUT2D eigenvalue weighted by Gasteiger charge is 2.31. The summed E-state index contributed by atoms with van der Waals surface area (Å²) < 4.78 is 6.56. The minimum Gasteiger partial charge on any atom is -0.378 e. The van der Waals surface area contributed by atoms with Crippen LogP contribution in [-0.4, -0.2) is 37.0 Å². The third-order valence-electron chi connectivity index (χ3n) is 5.73. The molecule has 3 nitrogen and oxygen atoms in total.